The Hall–Kier alpha value is -3.63. The number of alkyl halides is 3. The number of carbonyl (C=O) groups excluding carboxylic acids is 6. The number of amides is 3. The maximum Gasteiger partial charge on any atom is 0.491 e. The third-order valence-electron chi connectivity index (χ3n) is 5.21. The quantitative estimate of drug-likeness (QED) is 0.0713. The van der Waals surface area contributed by atoms with E-state index in [9.17, 15) is 41.9 Å². The summed E-state index contributed by atoms with van der Waals surface area (Å²) in [5.41, 5.74) is 5.40. The zero-order chi connectivity index (χ0) is 30.6. The number of ether oxygens (including phenoxy) is 4. The fraction of sp³-hybridized carbons (Fsp3) is 0.739. The number of rotatable bonds is 19. The summed E-state index contributed by atoms with van der Waals surface area (Å²) >= 11 is 0. The number of urea groups is 1. The molecule has 5 N–H and O–H groups in total. The van der Waals surface area contributed by atoms with Gasteiger partial charge in [0.25, 0.3) is 0 Å². The second-order valence-electron chi connectivity index (χ2n) is 8.32. The molecular formula is C23H37F3N4O10. The van der Waals surface area contributed by atoms with Crippen LogP contribution in [0.3, 0.4) is 0 Å². The van der Waals surface area contributed by atoms with E-state index in [4.69, 9.17) is 5.73 Å². The number of nitrogens with one attached hydrogen (secondary N) is 3. The molecule has 0 aromatic rings. The van der Waals surface area contributed by atoms with Crippen molar-refractivity contribution in [1.82, 2.24) is 16.0 Å². The van der Waals surface area contributed by atoms with Crippen LogP contribution in [-0.2, 0) is 42.9 Å². The largest absolute Gasteiger partial charge is 0.491 e. The summed E-state index contributed by atoms with van der Waals surface area (Å²) < 4.78 is 53.5. The van der Waals surface area contributed by atoms with Crippen LogP contribution in [0.2, 0.25) is 0 Å². The Balaban J connectivity index is 4.65. The monoisotopic (exact) mass is 586 g/mol. The van der Waals surface area contributed by atoms with Gasteiger partial charge in [0.2, 0.25) is 12.7 Å². The fourth-order valence-electron chi connectivity index (χ4n) is 3.10. The van der Waals surface area contributed by atoms with Gasteiger partial charge in [0, 0.05) is 19.4 Å². The molecule has 0 heterocycles. The fourth-order valence-corrected chi connectivity index (χ4v) is 3.10. The lowest BCUT2D eigenvalue weighted by Crippen LogP contribution is -2.51. The molecule has 0 saturated heterocycles. The molecule has 0 aromatic heterocycles. The average Bonchev–Trinajstić information content (AvgIpc) is 2.90. The number of halogens is 3. The number of hydrogen-bond donors (Lipinski definition) is 4. The molecule has 0 unspecified atom stereocenters. The lowest BCUT2D eigenvalue weighted by molar-refractivity contribution is -0.210. The molecule has 0 radical (unpaired) electrons. The zero-order valence-corrected chi connectivity index (χ0v) is 22.4. The van der Waals surface area contributed by atoms with E-state index in [0.717, 1.165) is 33.5 Å². The number of carbonyl (C=O) groups is 6. The maximum absolute atomic E-state index is 12.4. The minimum Gasteiger partial charge on any atom is -0.467 e. The summed E-state index contributed by atoms with van der Waals surface area (Å²) in [6.45, 7) is -0.358. The first-order valence-corrected chi connectivity index (χ1v) is 12.4. The highest BCUT2D eigenvalue weighted by Gasteiger charge is 2.41. The van der Waals surface area contributed by atoms with Gasteiger partial charge in [-0.05, 0) is 45.1 Å². The van der Waals surface area contributed by atoms with Gasteiger partial charge in [0.1, 0.15) is 12.1 Å². The Morgan fingerprint density at radius 2 is 1.38 bits per heavy atom. The summed E-state index contributed by atoms with van der Waals surface area (Å²) in [5.74, 6) is -5.49. The molecule has 0 saturated carbocycles. The molecule has 17 heteroatoms. The van der Waals surface area contributed by atoms with Crippen LogP contribution in [0.1, 0.15) is 57.8 Å². The standard InChI is InChI=1S/C23H37F3N4O10/c1-37-19(33)15(8-5-7-13-28-17(31)9-4-3-6-12-27)29-22(36)30-16(20(34)38-2)10-11-18(32)39-14-40-21(35)23(24,25)26/h15-16H,3-14,27H2,1-2H3,(H,28,31)(H2,29,30,36)/t15-,16-/m0/s1. The molecule has 0 aromatic carbocycles. The van der Waals surface area contributed by atoms with Crippen LogP contribution in [0.25, 0.3) is 0 Å². The van der Waals surface area contributed by atoms with E-state index in [0.29, 0.717) is 32.4 Å². The van der Waals surface area contributed by atoms with Crippen LogP contribution in [0.5, 0.6) is 0 Å². The van der Waals surface area contributed by atoms with E-state index in [1.54, 1.807) is 0 Å². The first-order chi connectivity index (χ1) is 18.8. The summed E-state index contributed by atoms with van der Waals surface area (Å²) in [5, 5.41) is 7.35. The van der Waals surface area contributed by atoms with E-state index in [1.807, 2.05) is 0 Å². The van der Waals surface area contributed by atoms with E-state index < -0.39 is 61.4 Å². The number of methoxy groups -OCH3 is 2. The number of esters is 4. The molecular weight excluding hydrogens is 549 g/mol. The number of unbranched alkanes of at least 4 members (excludes halogenated alkanes) is 3. The van der Waals surface area contributed by atoms with Crippen molar-refractivity contribution in [2.24, 2.45) is 5.73 Å². The van der Waals surface area contributed by atoms with Crippen molar-refractivity contribution >= 4 is 35.8 Å². The molecule has 230 valence electrons. The molecule has 40 heavy (non-hydrogen) atoms. The Labute approximate surface area is 229 Å². The summed E-state index contributed by atoms with van der Waals surface area (Å²) in [4.78, 5) is 70.6. The van der Waals surface area contributed by atoms with Gasteiger partial charge in [-0.15, -0.1) is 0 Å². The third kappa shape index (κ3) is 17.1. The van der Waals surface area contributed by atoms with E-state index >= 15 is 0 Å². The minimum atomic E-state index is -5.26. The Kier molecular flexibility index (Phi) is 18.5. The van der Waals surface area contributed by atoms with Crippen molar-refractivity contribution < 1.29 is 60.9 Å². The lowest BCUT2D eigenvalue weighted by atomic mass is 10.1. The van der Waals surface area contributed by atoms with Crippen molar-refractivity contribution in [2.45, 2.75) is 76.0 Å². The first kappa shape index (κ1) is 36.4. The molecule has 0 fully saturated rings. The van der Waals surface area contributed by atoms with Gasteiger partial charge in [0.15, 0.2) is 0 Å². The molecule has 0 aliphatic rings. The van der Waals surface area contributed by atoms with Gasteiger partial charge in [0.05, 0.1) is 14.2 Å². The molecule has 0 bridgehead atoms. The first-order valence-electron chi connectivity index (χ1n) is 12.4. The number of hydrogen-bond acceptors (Lipinski definition) is 11. The Bertz CT molecular complexity index is 842. The Morgan fingerprint density at radius 1 is 0.775 bits per heavy atom. The topological polar surface area (TPSA) is 201 Å². The highest BCUT2D eigenvalue weighted by Crippen LogP contribution is 2.16. The van der Waals surface area contributed by atoms with Crippen molar-refractivity contribution in [2.75, 3.05) is 34.1 Å². The van der Waals surface area contributed by atoms with Crippen LogP contribution in [0.15, 0.2) is 0 Å². The van der Waals surface area contributed by atoms with Crippen LogP contribution in [0.4, 0.5) is 18.0 Å². The van der Waals surface area contributed by atoms with E-state index in [2.05, 4.69) is 34.9 Å². The second-order valence-corrected chi connectivity index (χ2v) is 8.32. The molecule has 0 aliphatic heterocycles. The van der Waals surface area contributed by atoms with Gasteiger partial charge in [-0.25, -0.2) is 19.2 Å². The highest BCUT2D eigenvalue weighted by molar-refractivity contribution is 5.87. The maximum atomic E-state index is 12.4. The van der Waals surface area contributed by atoms with E-state index in [-0.39, 0.29) is 18.7 Å². The molecule has 3 amide bonds. The van der Waals surface area contributed by atoms with Gasteiger partial charge in [-0.1, -0.05) is 6.42 Å². The Morgan fingerprint density at radius 3 is 1.93 bits per heavy atom. The van der Waals surface area contributed by atoms with Crippen molar-refractivity contribution in [3.05, 3.63) is 0 Å². The lowest BCUT2D eigenvalue weighted by Gasteiger charge is -2.20. The average molecular weight is 587 g/mol. The highest BCUT2D eigenvalue weighted by atomic mass is 19.4. The molecule has 0 aliphatic carbocycles. The normalized spacial score (nSPS) is 12.3. The van der Waals surface area contributed by atoms with Gasteiger partial charge < -0.3 is 40.6 Å². The van der Waals surface area contributed by atoms with Crippen LogP contribution >= 0.6 is 0 Å². The summed E-state index contributed by atoms with van der Waals surface area (Å²) in [6.07, 6.45) is -2.29. The summed E-state index contributed by atoms with van der Waals surface area (Å²) in [6, 6.07) is -3.46. The van der Waals surface area contributed by atoms with Crippen LogP contribution in [0, 0.1) is 0 Å². The second kappa shape index (κ2) is 20.3. The zero-order valence-electron chi connectivity index (χ0n) is 22.4. The third-order valence-corrected chi connectivity index (χ3v) is 5.21. The van der Waals surface area contributed by atoms with Gasteiger partial charge >= 0.3 is 36.1 Å². The SMILES string of the molecule is COC(=O)[C@H](CCCCNC(=O)CCCCCN)NC(=O)N[C@@H](CCC(=O)OCOC(=O)C(F)(F)F)C(=O)OC. The number of nitrogens with two attached hydrogens (primary N) is 1. The molecule has 2 atom stereocenters. The van der Waals surface area contributed by atoms with E-state index in [1.165, 1.54) is 0 Å². The molecule has 0 rings (SSSR count). The van der Waals surface area contributed by atoms with Crippen molar-refractivity contribution in [3.63, 3.8) is 0 Å². The van der Waals surface area contributed by atoms with Crippen LogP contribution < -0.4 is 21.7 Å². The molecule has 14 nitrogen and oxygen atoms in total. The van der Waals surface area contributed by atoms with Crippen molar-refractivity contribution in [1.29, 1.82) is 0 Å². The minimum absolute atomic E-state index is 0.0981. The van der Waals surface area contributed by atoms with Gasteiger partial charge in [-0.2, -0.15) is 13.2 Å². The molecule has 0 spiro atoms. The van der Waals surface area contributed by atoms with Gasteiger partial charge in [-0.3, -0.25) is 9.59 Å². The summed E-state index contributed by atoms with van der Waals surface area (Å²) in [7, 11) is 2.13. The predicted molar refractivity (Wildman–Crippen MR) is 130 cm³/mol. The smallest absolute Gasteiger partial charge is 0.467 e. The van der Waals surface area contributed by atoms with Crippen LogP contribution in [-0.4, -0.2) is 88.2 Å². The van der Waals surface area contributed by atoms with Crippen molar-refractivity contribution in [3.8, 4) is 0 Å². The predicted octanol–water partition coefficient (Wildman–Crippen LogP) is 0.561.